The first-order valence-corrected chi connectivity index (χ1v) is 9.70. The number of rotatable bonds is 4. The van der Waals surface area contributed by atoms with Crippen LogP contribution in [0.3, 0.4) is 0 Å². The number of nitrogens with zero attached hydrogens (tertiary/aromatic N) is 4. The van der Waals surface area contributed by atoms with E-state index < -0.39 is 11.2 Å². The van der Waals surface area contributed by atoms with Gasteiger partial charge in [0.15, 0.2) is 11.6 Å². The molecule has 0 unspecified atom stereocenters. The molecule has 3 aromatic rings. The van der Waals surface area contributed by atoms with E-state index in [1.165, 1.54) is 9.25 Å². The van der Waals surface area contributed by atoms with Gasteiger partial charge in [-0.15, -0.1) is 5.10 Å². The van der Waals surface area contributed by atoms with Crippen molar-refractivity contribution in [3.8, 4) is 17.2 Å². The predicted molar refractivity (Wildman–Crippen MR) is 112 cm³/mol. The highest BCUT2D eigenvalue weighted by Gasteiger charge is 2.21. The maximum Gasteiger partial charge on any atom is 0.352 e. The molecule has 146 valence electrons. The first-order valence-electron chi connectivity index (χ1n) is 8.53. The van der Waals surface area contributed by atoms with Crippen molar-refractivity contribution in [2.75, 3.05) is 0 Å². The van der Waals surface area contributed by atoms with E-state index in [1.54, 1.807) is 42.6 Å². The summed E-state index contributed by atoms with van der Waals surface area (Å²) in [6, 6.07) is 10.4. The second-order valence-electron chi connectivity index (χ2n) is 7.25. The summed E-state index contributed by atoms with van der Waals surface area (Å²) < 4.78 is 3.27. The fourth-order valence-corrected chi connectivity index (χ4v) is 3.05. The van der Waals surface area contributed by atoms with E-state index in [0.717, 1.165) is 4.47 Å². The van der Waals surface area contributed by atoms with Crippen molar-refractivity contribution in [2.45, 2.75) is 32.9 Å². The zero-order valence-corrected chi connectivity index (χ0v) is 18.0. The van der Waals surface area contributed by atoms with Crippen molar-refractivity contribution in [2.24, 2.45) is 0 Å². The Kier molecular flexibility index (Phi) is 5.71. The van der Waals surface area contributed by atoms with Gasteiger partial charge in [0.2, 0.25) is 5.91 Å². The lowest BCUT2D eigenvalue weighted by molar-refractivity contribution is -0.123. The molecular weight excluding hydrogens is 446 g/mol. The average molecular weight is 465 g/mol. The van der Waals surface area contributed by atoms with Gasteiger partial charge in [-0.2, -0.15) is 4.68 Å². The Morgan fingerprint density at radius 2 is 2.00 bits per heavy atom. The molecule has 0 fully saturated rings. The van der Waals surface area contributed by atoms with Crippen LogP contribution in [0.2, 0.25) is 5.02 Å². The standard InChI is InChI=1S/C19H19BrClN5O2/c1-19(2,3)23-16(27)11-25-17(12-5-4-6-14(21)9-12)24-26(18(25)28)15-8-7-13(20)10-22-15/h4-10H,11H2,1-3H3,(H,23,27). The van der Waals surface area contributed by atoms with Crippen LogP contribution in [0.5, 0.6) is 0 Å². The predicted octanol–water partition coefficient (Wildman–Crippen LogP) is 3.43. The maximum atomic E-state index is 13.0. The van der Waals surface area contributed by atoms with E-state index >= 15 is 0 Å². The fourth-order valence-electron chi connectivity index (χ4n) is 2.62. The average Bonchev–Trinajstić information content (AvgIpc) is 2.91. The van der Waals surface area contributed by atoms with Crippen molar-refractivity contribution >= 4 is 33.4 Å². The highest BCUT2D eigenvalue weighted by atomic mass is 79.9. The maximum absolute atomic E-state index is 13.0. The zero-order chi connectivity index (χ0) is 20.5. The van der Waals surface area contributed by atoms with E-state index in [-0.39, 0.29) is 12.5 Å². The molecule has 2 aromatic heterocycles. The number of hydrogen-bond acceptors (Lipinski definition) is 4. The van der Waals surface area contributed by atoms with Crippen LogP contribution < -0.4 is 11.0 Å². The normalized spacial score (nSPS) is 11.5. The van der Waals surface area contributed by atoms with Crippen LogP contribution in [0, 0.1) is 0 Å². The van der Waals surface area contributed by atoms with Crippen molar-refractivity contribution < 1.29 is 4.79 Å². The van der Waals surface area contributed by atoms with Crippen LogP contribution >= 0.6 is 27.5 Å². The number of pyridine rings is 1. The second-order valence-corrected chi connectivity index (χ2v) is 8.60. The summed E-state index contributed by atoms with van der Waals surface area (Å²) in [7, 11) is 0. The number of amides is 1. The van der Waals surface area contributed by atoms with Crippen LogP contribution in [-0.2, 0) is 11.3 Å². The van der Waals surface area contributed by atoms with Gasteiger partial charge in [-0.05, 0) is 61.0 Å². The number of hydrogen-bond donors (Lipinski definition) is 1. The Labute approximate surface area is 175 Å². The Morgan fingerprint density at radius 1 is 1.25 bits per heavy atom. The van der Waals surface area contributed by atoms with Gasteiger partial charge in [0.25, 0.3) is 0 Å². The Balaban J connectivity index is 2.11. The quantitative estimate of drug-likeness (QED) is 0.641. The third-order valence-corrected chi connectivity index (χ3v) is 4.39. The van der Waals surface area contributed by atoms with Crippen LogP contribution in [0.15, 0.2) is 51.9 Å². The number of aromatic nitrogens is 4. The molecule has 2 heterocycles. The summed E-state index contributed by atoms with van der Waals surface area (Å²) in [5.74, 6) is 0.397. The minimum atomic E-state index is -0.464. The van der Waals surface area contributed by atoms with E-state index in [2.05, 4.69) is 31.3 Å². The molecule has 3 rings (SSSR count). The summed E-state index contributed by atoms with van der Waals surface area (Å²) in [6.07, 6.45) is 1.58. The van der Waals surface area contributed by atoms with E-state index in [0.29, 0.717) is 22.2 Å². The van der Waals surface area contributed by atoms with Gasteiger partial charge in [0.05, 0.1) is 0 Å². The second kappa shape index (κ2) is 7.89. The lowest BCUT2D eigenvalue weighted by atomic mass is 10.1. The van der Waals surface area contributed by atoms with Crippen molar-refractivity contribution in [3.63, 3.8) is 0 Å². The van der Waals surface area contributed by atoms with Gasteiger partial charge in [0.1, 0.15) is 6.54 Å². The van der Waals surface area contributed by atoms with Gasteiger partial charge < -0.3 is 5.32 Å². The first kappa shape index (κ1) is 20.3. The molecule has 1 amide bonds. The molecule has 0 spiro atoms. The molecular formula is C19H19BrClN5O2. The minimum Gasteiger partial charge on any atom is -0.350 e. The molecule has 0 radical (unpaired) electrons. The van der Waals surface area contributed by atoms with E-state index in [1.807, 2.05) is 20.8 Å². The molecule has 0 aliphatic carbocycles. The molecule has 7 nitrogen and oxygen atoms in total. The topological polar surface area (TPSA) is 81.8 Å². The fraction of sp³-hybridized carbons (Fsp3) is 0.263. The van der Waals surface area contributed by atoms with Crippen LogP contribution in [0.1, 0.15) is 20.8 Å². The van der Waals surface area contributed by atoms with Crippen molar-refractivity contribution in [1.82, 2.24) is 24.6 Å². The lowest BCUT2D eigenvalue weighted by Gasteiger charge is -2.20. The molecule has 0 saturated carbocycles. The monoisotopic (exact) mass is 463 g/mol. The number of carbonyl (C=O) groups is 1. The third kappa shape index (κ3) is 4.69. The summed E-state index contributed by atoms with van der Waals surface area (Å²) in [4.78, 5) is 29.7. The smallest absolute Gasteiger partial charge is 0.350 e. The molecule has 0 aliphatic rings. The molecule has 1 N–H and O–H groups in total. The number of nitrogens with one attached hydrogen (secondary N) is 1. The van der Waals surface area contributed by atoms with Gasteiger partial charge in [0, 0.05) is 26.8 Å². The highest BCUT2D eigenvalue weighted by molar-refractivity contribution is 9.10. The number of benzene rings is 1. The van der Waals surface area contributed by atoms with E-state index in [4.69, 9.17) is 11.6 Å². The Morgan fingerprint density at radius 3 is 2.61 bits per heavy atom. The Bertz CT molecular complexity index is 1070. The van der Waals surface area contributed by atoms with Gasteiger partial charge in [-0.25, -0.2) is 9.78 Å². The molecule has 0 bridgehead atoms. The summed E-state index contributed by atoms with van der Waals surface area (Å²) in [6.45, 7) is 5.46. The van der Waals surface area contributed by atoms with Crippen molar-refractivity contribution in [3.05, 3.63) is 62.6 Å². The molecule has 0 atom stereocenters. The van der Waals surface area contributed by atoms with Gasteiger partial charge in [-0.3, -0.25) is 9.36 Å². The highest BCUT2D eigenvalue weighted by Crippen LogP contribution is 2.21. The SMILES string of the molecule is CC(C)(C)NC(=O)Cn1c(-c2cccc(Cl)c2)nn(-c2ccc(Br)cn2)c1=O. The largest absolute Gasteiger partial charge is 0.352 e. The van der Waals surface area contributed by atoms with Crippen LogP contribution in [0.25, 0.3) is 17.2 Å². The molecule has 9 heteroatoms. The molecule has 0 saturated heterocycles. The Hall–Kier alpha value is -2.45. The van der Waals surface area contributed by atoms with Gasteiger partial charge in [-0.1, -0.05) is 23.7 Å². The molecule has 0 aliphatic heterocycles. The number of halogens is 2. The molecule has 1 aromatic carbocycles. The lowest BCUT2D eigenvalue weighted by Crippen LogP contribution is -2.43. The summed E-state index contributed by atoms with van der Waals surface area (Å²) in [5.41, 5.74) is -0.252. The molecule has 28 heavy (non-hydrogen) atoms. The zero-order valence-electron chi connectivity index (χ0n) is 15.6. The minimum absolute atomic E-state index is 0.172. The number of carbonyl (C=O) groups excluding carboxylic acids is 1. The summed E-state index contributed by atoms with van der Waals surface area (Å²) >= 11 is 9.42. The van der Waals surface area contributed by atoms with E-state index in [9.17, 15) is 9.59 Å². The summed E-state index contributed by atoms with van der Waals surface area (Å²) in [5, 5.41) is 7.79. The van der Waals surface area contributed by atoms with Gasteiger partial charge >= 0.3 is 5.69 Å². The van der Waals surface area contributed by atoms with Crippen LogP contribution in [-0.4, -0.2) is 30.8 Å². The third-order valence-electron chi connectivity index (χ3n) is 3.69. The van der Waals surface area contributed by atoms with Crippen molar-refractivity contribution in [1.29, 1.82) is 0 Å². The first-order chi connectivity index (χ1) is 13.1. The van der Waals surface area contributed by atoms with Crippen LogP contribution in [0.4, 0.5) is 0 Å².